The van der Waals surface area contributed by atoms with Crippen LogP contribution in [0.3, 0.4) is 0 Å². The van der Waals surface area contributed by atoms with Gasteiger partial charge in [-0.1, -0.05) is 33.9 Å². The molecular formula is C26H44N4O4Si. The molecule has 0 bridgehead atoms. The first-order chi connectivity index (χ1) is 16.4. The van der Waals surface area contributed by atoms with Gasteiger partial charge in [0.15, 0.2) is 8.32 Å². The molecule has 0 radical (unpaired) electrons. The van der Waals surface area contributed by atoms with E-state index in [1.807, 2.05) is 6.20 Å². The van der Waals surface area contributed by atoms with Crippen molar-refractivity contribution in [3.05, 3.63) is 49.2 Å². The summed E-state index contributed by atoms with van der Waals surface area (Å²) in [7, 11) is -0.242. The van der Waals surface area contributed by atoms with Gasteiger partial charge < -0.3 is 23.9 Å². The van der Waals surface area contributed by atoms with Gasteiger partial charge in [-0.15, -0.1) is 0 Å². The van der Waals surface area contributed by atoms with E-state index in [1.54, 1.807) is 24.2 Å². The zero-order valence-corrected chi connectivity index (χ0v) is 23.5. The minimum atomic E-state index is -1.87. The van der Waals surface area contributed by atoms with E-state index in [2.05, 4.69) is 63.0 Å². The van der Waals surface area contributed by atoms with Crippen LogP contribution < -0.4 is 0 Å². The third kappa shape index (κ3) is 7.48. The van der Waals surface area contributed by atoms with Crippen LogP contribution >= 0.6 is 0 Å². The molecule has 1 fully saturated rings. The maximum absolute atomic E-state index is 12.7. The molecule has 0 aromatic carbocycles. The first-order valence-corrected chi connectivity index (χ1v) is 15.3. The van der Waals surface area contributed by atoms with Crippen molar-refractivity contribution in [3.8, 4) is 0 Å². The van der Waals surface area contributed by atoms with Crippen LogP contribution in [0.15, 0.2) is 49.2 Å². The van der Waals surface area contributed by atoms with Crippen molar-refractivity contribution in [2.75, 3.05) is 53.0 Å². The molecule has 0 atom stereocenters. The van der Waals surface area contributed by atoms with E-state index in [0.717, 1.165) is 38.2 Å². The fourth-order valence-electron chi connectivity index (χ4n) is 3.80. The maximum Gasteiger partial charge on any atom is 0.327 e. The van der Waals surface area contributed by atoms with Gasteiger partial charge in [0.1, 0.15) is 12.3 Å². The summed E-state index contributed by atoms with van der Waals surface area (Å²) in [6, 6.07) is -0.192. The van der Waals surface area contributed by atoms with Crippen LogP contribution in [0.4, 0.5) is 4.79 Å². The molecule has 196 valence electrons. The largest absolute Gasteiger partial charge is 0.495 e. The fourth-order valence-corrected chi connectivity index (χ4v) is 4.83. The molecule has 35 heavy (non-hydrogen) atoms. The standard InChI is InChI=1S/C26H44N4O4Si/c1-9-22(23(10-2)33-6)28-17-15-27(16-18-28)13-11-12-14-30-24(31)21-29(25(30)32)19-20-34-35(7,8)26(3,4)5/h9-10,15,17H,1-2,11-14,16,18-21H2,3-8H3/b23-22-. The van der Waals surface area contributed by atoms with E-state index in [0.29, 0.717) is 25.5 Å². The summed E-state index contributed by atoms with van der Waals surface area (Å²) in [5, 5.41) is 0.120. The molecule has 0 aromatic heterocycles. The molecule has 2 aliphatic heterocycles. The average molecular weight is 505 g/mol. The Morgan fingerprint density at radius 3 is 2.29 bits per heavy atom. The van der Waals surface area contributed by atoms with Crippen LogP contribution in [-0.2, 0) is 14.0 Å². The van der Waals surface area contributed by atoms with Crippen molar-refractivity contribution >= 4 is 20.3 Å². The third-order valence-corrected chi connectivity index (χ3v) is 11.6. The second kappa shape index (κ2) is 12.4. The molecule has 0 aliphatic carbocycles. The molecule has 0 aromatic rings. The van der Waals surface area contributed by atoms with Crippen LogP contribution in [0.25, 0.3) is 0 Å². The molecule has 0 spiro atoms. The van der Waals surface area contributed by atoms with Crippen molar-refractivity contribution in [2.45, 2.75) is 51.7 Å². The summed E-state index contributed by atoms with van der Waals surface area (Å²) in [5.41, 5.74) is 0.892. The molecule has 2 rings (SSSR count). The van der Waals surface area contributed by atoms with Crippen LogP contribution in [0.5, 0.6) is 0 Å². The Morgan fingerprint density at radius 2 is 1.74 bits per heavy atom. The van der Waals surface area contributed by atoms with Gasteiger partial charge in [0.25, 0.3) is 0 Å². The molecule has 9 heteroatoms. The summed E-state index contributed by atoms with van der Waals surface area (Å²) in [5.74, 6) is 0.578. The zero-order chi connectivity index (χ0) is 26.2. The second-order valence-electron chi connectivity index (χ2n) is 10.5. The highest BCUT2D eigenvalue weighted by atomic mass is 28.4. The summed E-state index contributed by atoms with van der Waals surface area (Å²) < 4.78 is 11.5. The molecule has 2 aliphatic rings. The molecule has 2 heterocycles. The third-order valence-electron chi connectivity index (χ3n) is 7.08. The Morgan fingerprint density at radius 1 is 1.06 bits per heavy atom. The number of ether oxygens (including phenoxy) is 1. The van der Waals surface area contributed by atoms with Crippen LogP contribution in [0.2, 0.25) is 18.1 Å². The van der Waals surface area contributed by atoms with Gasteiger partial charge in [0.05, 0.1) is 19.4 Å². The fraction of sp³-hybridized carbons (Fsp3) is 0.615. The molecule has 1 saturated heterocycles. The minimum Gasteiger partial charge on any atom is -0.495 e. The van der Waals surface area contributed by atoms with Crippen molar-refractivity contribution in [3.63, 3.8) is 0 Å². The number of hydrogen-bond acceptors (Lipinski definition) is 6. The SMILES string of the molecule is C=C/C(OC)=C(\C=C)N1C=CN(CCCCN2C(=O)CN(CCO[Si](C)(C)C(C)(C)C)C2=O)CC1. The van der Waals surface area contributed by atoms with Crippen LogP contribution in [0.1, 0.15) is 33.6 Å². The molecule has 0 saturated carbocycles. The van der Waals surface area contributed by atoms with Gasteiger partial charge in [-0.3, -0.25) is 9.69 Å². The smallest absolute Gasteiger partial charge is 0.327 e. The average Bonchev–Trinajstić information content (AvgIpc) is 3.07. The molecule has 0 unspecified atom stereocenters. The Bertz CT molecular complexity index is 847. The number of methoxy groups -OCH3 is 1. The lowest BCUT2D eigenvalue weighted by Gasteiger charge is -2.36. The summed E-state index contributed by atoms with van der Waals surface area (Å²) in [6.45, 7) is 22.7. The maximum atomic E-state index is 12.7. The Labute approximate surface area is 212 Å². The number of allylic oxidation sites excluding steroid dienone is 2. The summed E-state index contributed by atoms with van der Waals surface area (Å²) in [4.78, 5) is 32.5. The molecular weight excluding hydrogens is 460 g/mol. The highest BCUT2D eigenvalue weighted by molar-refractivity contribution is 6.74. The van der Waals surface area contributed by atoms with E-state index >= 15 is 0 Å². The van der Waals surface area contributed by atoms with Crippen molar-refractivity contribution < 1.29 is 18.8 Å². The monoisotopic (exact) mass is 504 g/mol. The van der Waals surface area contributed by atoms with Crippen LogP contribution in [-0.4, -0.2) is 92.8 Å². The predicted octanol–water partition coefficient (Wildman–Crippen LogP) is 4.37. The predicted molar refractivity (Wildman–Crippen MR) is 143 cm³/mol. The van der Waals surface area contributed by atoms with Crippen molar-refractivity contribution in [1.29, 1.82) is 0 Å². The number of amides is 3. The number of rotatable bonds is 13. The van der Waals surface area contributed by atoms with Crippen molar-refractivity contribution in [2.24, 2.45) is 0 Å². The minimum absolute atomic E-state index is 0.115. The van der Waals surface area contributed by atoms with Gasteiger partial charge in [-0.05, 0) is 43.1 Å². The molecule has 3 amide bonds. The first-order valence-electron chi connectivity index (χ1n) is 12.4. The Hall–Kier alpha value is -2.52. The van der Waals surface area contributed by atoms with E-state index in [1.165, 1.54) is 4.90 Å². The lowest BCUT2D eigenvalue weighted by Crippen LogP contribution is -2.43. The number of carbonyl (C=O) groups excluding carboxylic acids is 2. The molecule has 0 N–H and O–H groups in total. The molecule has 8 nitrogen and oxygen atoms in total. The van der Waals surface area contributed by atoms with Gasteiger partial charge in [0, 0.05) is 45.1 Å². The Balaban J connectivity index is 1.75. The van der Waals surface area contributed by atoms with E-state index < -0.39 is 8.32 Å². The van der Waals surface area contributed by atoms with E-state index in [9.17, 15) is 9.59 Å². The number of carbonyl (C=O) groups is 2. The normalized spacial score (nSPS) is 17.8. The number of hydrogen-bond donors (Lipinski definition) is 0. The number of imide groups is 1. The van der Waals surface area contributed by atoms with Gasteiger partial charge in [-0.2, -0.15) is 0 Å². The highest BCUT2D eigenvalue weighted by Crippen LogP contribution is 2.36. The number of unbranched alkanes of at least 4 members (excludes halogenated alkanes) is 1. The van der Waals surface area contributed by atoms with Gasteiger partial charge in [0.2, 0.25) is 5.91 Å². The summed E-state index contributed by atoms with van der Waals surface area (Å²) >= 11 is 0. The number of urea groups is 1. The topological polar surface area (TPSA) is 65.6 Å². The zero-order valence-electron chi connectivity index (χ0n) is 22.5. The van der Waals surface area contributed by atoms with Crippen LogP contribution in [0, 0.1) is 0 Å². The van der Waals surface area contributed by atoms with Gasteiger partial charge in [-0.25, -0.2) is 4.79 Å². The van der Waals surface area contributed by atoms with E-state index in [-0.39, 0.29) is 23.5 Å². The second-order valence-corrected chi connectivity index (χ2v) is 15.3. The lowest BCUT2D eigenvalue weighted by atomic mass is 10.2. The quantitative estimate of drug-likeness (QED) is 0.122. The highest BCUT2D eigenvalue weighted by Gasteiger charge is 2.39. The Kier molecular flexibility index (Phi) is 10.2. The van der Waals surface area contributed by atoms with Crippen molar-refractivity contribution in [1.82, 2.24) is 19.6 Å². The van der Waals surface area contributed by atoms with E-state index in [4.69, 9.17) is 9.16 Å². The summed E-state index contributed by atoms with van der Waals surface area (Å²) in [6.07, 6.45) is 9.20. The first kappa shape index (κ1) is 28.7. The van der Waals surface area contributed by atoms with Gasteiger partial charge >= 0.3 is 6.03 Å². The number of nitrogens with zero attached hydrogens (tertiary/aromatic N) is 4. The lowest BCUT2D eigenvalue weighted by molar-refractivity contribution is -0.125.